The highest BCUT2D eigenvalue weighted by atomic mass is 35.5. The van der Waals surface area contributed by atoms with Gasteiger partial charge in [-0.1, -0.05) is 23.7 Å². The van der Waals surface area contributed by atoms with Gasteiger partial charge in [0.25, 0.3) is 5.91 Å². The Morgan fingerprint density at radius 1 is 1.33 bits per heavy atom. The van der Waals surface area contributed by atoms with E-state index in [1.54, 1.807) is 24.3 Å². The second-order valence-electron chi connectivity index (χ2n) is 3.96. The van der Waals surface area contributed by atoms with Crippen LogP contribution in [-0.2, 0) is 19.1 Å². The molecule has 0 aliphatic heterocycles. The molecular weight excluding hydrogens is 302 g/mol. The van der Waals surface area contributed by atoms with E-state index in [-0.39, 0.29) is 0 Å². The normalized spacial score (nSPS) is 11.3. The van der Waals surface area contributed by atoms with Crippen LogP contribution in [0.1, 0.15) is 6.42 Å². The second-order valence-corrected chi connectivity index (χ2v) is 4.36. The first-order valence-corrected chi connectivity index (χ1v) is 6.28. The monoisotopic (exact) mass is 315 g/mol. The third-order valence-electron chi connectivity index (χ3n) is 2.43. The average Bonchev–Trinajstić information content (AvgIpc) is 2.45. The van der Waals surface area contributed by atoms with Gasteiger partial charge in [0.1, 0.15) is 11.8 Å². The smallest absolute Gasteiger partial charge is 0.326 e. The molecule has 0 aliphatic rings. The van der Waals surface area contributed by atoms with Gasteiger partial charge < -0.3 is 19.9 Å². The number of carboxylic acids is 1. The molecule has 0 fully saturated rings. The molecule has 0 heterocycles. The number of halogens is 1. The lowest BCUT2D eigenvalue weighted by Gasteiger charge is -2.14. The summed E-state index contributed by atoms with van der Waals surface area (Å²) in [5.74, 6) is -2.47. The first-order valence-electron chi connectivity index (χ1n) is 5.90. The standard InChI is InChI=1S/C13H14ClNO6/c1-20-12(17)6-9(13(18)19)15-11(16)7-21-10-5-3-2-4-8(10)14/h2-5,9H,6-7H2,1H3,(H,15,16)(H,18,19)/t9-/m0/s1. The van der Waals surface area contributed by atoms with Gasteiger partial charge in [-0.15, -0.1) is 0 Å². The van der Waals surface area contributed by atoms with E-state index >= 15 is 0 Å². The van der Waals surface area contributed by atoms with Crippen molar-refractivity contribution in [3.63, 3.8) is 0 Å². The summed E-state index contributed by atoms with van der Waals surface area (Å²) in [6.45, 7) is -0.422. The van der Waals surface area contributed by atoms with Crippen LogP contribution in [-0.4, -0.2) is 42.7 Å². The molecule has 0 aliphatic carbocycles. The van der Waals surface area contributed by atoms with Crippen molar-refractivity contribution in [1.29, 1.82) is 0 Å². The van der Waals surface area contributed by atoms with Crippen molar-refractivity contribution >= 4 is 29.4 Å². The molecule has 1 amide bonds. The number of methoxy groups -OCH3 is 1. The van der Waals surface area contributed by atoms with Gasteiger partial charge in [0.2, 0.25) is 0 Å². The minimum Gasteiger partial charge on any atom is -0.482 e. The van der Waals surface area contributed by atoms with Gasteiger partial charge in [-0.05, 0) is 12.1 Å². The Kier molecular flexibility index (Phi) is 6.48. The molecule has 1 aromatic rings. The summed E-state index contributed by atoms with van der Waals surface area (Å²) in [4.78, 5) is 33.6. The van der Waals surface area contributed by atoms with E-state index in [2.05, 4.69) is 10.1 Å². The van der Waals surface area contributed by atoms with Crippen LogP contribution in [0, 0.1) is 0 Å². The summed E-state index contributed by atoms with van der Waals surface area (Å²) in [7, 11) is 1.13. The Morgan fingerprint density at radius 2 is 2.00 bits per heavy atom. The van der Waals surface area contributed by atoms with Crippen LogP contribution >= 0.6 is 11.6 Å². The summed E-state index contributed by atoms with van der Waals surface area (Å²) < 4.78 is 9.51. The molecule has 114 valence electrons. The molecule has 2 N–H and O–H groups in total. The van der Waals surface area contributed by atoms with Gasteiger partial charge in [0.05, 0.1) is 18.6 Å². The first-order chi connectivity index (χ1) is 9.93. The van der Waals surface area contributed by atoms with Crippen molar-refractivity contribution in [2.75, 3.05) is 13.7 Å². The summed E-state index contributed by atoms with van der Waals surface area (Å²) in [5, 5.41) is 11.4. The molecule has 0 bridgehead atoms. The number of esters is 1. The van der Waals surface area contributed by atoms with Crippen LogP contribution in [0.25, 0.3) is 0 Å². The topological polar surface area (TPSA) is 102 Å². The van der Waals surface area contributed by atoms with Crippen LogP contribution in [0.3, 0.4) is 0 Å². The van der Waals surface area contributed by atoms with Crippen LogP contribution < -0.4 is 10.1 Å². The first kappa shape index (κ1) is 16.8. The lowest BCUT2D eigenvalue weighted by Crippen LogP contribution is -2.44. The fraction of sp³-hybridized carbons (Fsp3) is 0.308. The molecule has 0 aromatic heterocycles. The number of carboxylic acid groups (broad SMARTS) is 1. The van der Waals surface area contributed by atoms with Crippen LogP contribution in [0.15, 0.2) is 24.3 Å². The third-order valence-corrected chi connectivity index (χ3v) is 2.74. The number of rotatable bonds is 7. The number of carbonyl (C=O) groups is 3. The van der Waals surface area contributed by atoms with Crippen molar-refractivity contribution in [2.45, 2.75) is 12.5 Å². The average molecular weight is 316 g/mol. The maximum Gasteiger partial charge on any atom is 0.326 e. The number of para-hydroxylation sites is 1. The highest BCUT2D eigenvalue weighted by Gasteiger charge is 2.23. The van der Waals surface area contributed by atoms with Gasteiger partial charge in [-0.2, -0.15) is 0 Å². The molecular formula is C13H14ClNO6. The van der Waals surface area contributed by atoms with E-state index in [1.807, 2.05) is 0 Å². The minimum atomic E-state index is -1.38. The number of amides is 1. The van der Waals surface area contributed by atoms with E-state index in [1.165, 1.54) is 0 Å². The van der Waals surface area contributed by atoms with Crippen molar-refractivity contribution in [1.82, 2.24) is 5.32 Å². The number of carbonyl (C=O) groups excluding carboxylic acids is 2. The van der Waals surface area contributed by atoms with E-state index in [0.717, 1.165) is 7.11 Å². The Labute approximate surface area is 125 Å². The predicted molar refractivity (Wildman–Crippen MR) is 73.1 cm³/mol. The van der Waals surface area contributed by atoms with Crippen LogP contribution in [0.4, 0.5) is 0 Å². The Bertz CT molecular complexity index is 533. The van der Waals surface area contributed by atoms with Crippen LogP contribution in [0.5, 0.6) is 5.75 Å². The lowest BCUT2D eigenvalue weighted by atomic mass is 10.2. The van der Waals surface area contributed by atoms with Crippen molar-refractivity contribution in [3.8, 4) is 5.75 Å². The summed E-state index contributed by atoms with van der Waals surface area (Å²) in [5.41, 5.74) is 0. The largest absolute Gasteiger partial charge is 0.482 e. The van der Waals surface area contributed by atoms with E-state index in [9.17, 15) is 14.4 Å². The number of ether oxygens (including phenoxy) is 2. The number of aliphatic carboxylic acids is 1. The van der Waals surface area contributed by atoms with Gasteiger partial charge in [0, 0.05) is 0 Å². The van der Waals surface area contributed by atoms with Gasteiger partial charge in [-0.3, -0.25) is 9.59 Å². The highest BCUT2D eigenvalue weighted by Crippen LogP contribution is 2.22. The minimum absolute atomic E-state index is 0.300. The molecule has 0 saturated carbocycles. The Balaban J connectivity index is 2.53. The molecule has 0 unspecified atom stereocenters. The zero-order valence-electron chi connectivity index (χ0n) is 11.2. The third kappa shape index (κ3) is 5.70. The maximum absolute atomic E-state index is 11.6. The number of hydrogen-bond donors (Lipinski definition) is 2. The van der Waals surface area contributed by atoms with Gasteiger partial charge in [-0.25, -0.2) is 4.79 Å². The molecule has 1 aromatic carbocycles. The van der Waals surface area contributed by atoms with Crippen molar-refractivity contribution in [3.05, 3.63) is 29.3 Å². The lowest BCUT2D eigenvalue weighted by molar-refractivity contribution is -0.148. The van der Waals surface area contributed by atoms with Crippen molar-refractivity contribution in [2.24, 2.45) is 0 Å². The quantitative estimate of drug-likeness (QED) is 0.723. The zero-order valence-corrected chi connectivity index (χ0v) is 11.9. The molecule has 0 spiro atoms. The fourth-order valence-electron chi connectivity index (χ4n) is 1.39. The summed E-state index contributed by atoms with van der Waals surface area (Å²) in [6, 6.07) is 5.16. The molecule has 8 heteroatoms. The molecule has 0 saturated heterocycles. The van der Waals surface area contributed by atoms with Crippen LogP contribution in [0.2, 0.25) is 5.02 Å². The fourth-order valence-corrected chi connectivity index (χ4v) is 1.58. The SMILES string of the molecule is COC(=O)C[C@H](NC(=O)COc1ccccc1Cl)C(=O)O. The second kappa shape index (κ2) is 8.11. The molecule has 7 nitrogen and oxygen atoms in total. The van der Waals surface area contributed by atoms with Gasteiger partial charge in [0.15, 0.2) is 6.61 Å². The molecule has 21 heavy (non-hydrogen) atoms. The summed E-state index contributed by atoms with van der Waals surface area (Å²) >= 11 is 5.84. The zero-order chi connectivity index (χ0) is 15.8. The number of nitrogens with one attached hydrogen (secondary N) is 1. The molecule has 1 atom stereocenters. The van der Waals surface area contributed by atoms with E-state index in [0.29, 0.717) is 10.8 Å². The van der Waals surface area contributed by atoms with Gasteiger partial charge >= 0.3 is 11.9 Å². The highest BCUT2D eigenvalue weighted by molar-refractivity contribution is 6.32. The molecule has 0 radical (unpaired) electrons. The number of benzene rings is 1. The predicted octanol–water partition coefficient (Wildman–Crippen LogP) is 0.851. The maximum atomic E-state index is 11.6. The Hall–Kier alpha value is -2.28. The number of hydrogen-bond acceptors (Lipinski definition) is 5. The summed E-state index contributed by atoms with van der Waals surface area (Å²) in [6.07, 6.45) is -0.469. The molecule has 1 rings (SSSR count). The van der Waals surface area contributed by atoms with E-state index < -0.39 is 36.9 Å². The van der Waals surface area contributed by atoms with Crippen molar-refractivity contribution < 1.29 is 29.0 Å². The Morgan fingerprint density at radius 3 is 2.57 bits per heavy atom. The van der Waals surface area contributed by atoms with E-state index in [4.69, 9.17) is 21.4 Å².